The van der Waals surface area contributed by atoms with Crippen molar-refractivity contribution in [3.05, 3.63) is 5.69 Å². The largest absolute Gasteiger partial charge is 0.394 e. The van der Waals surface area contributed by atoms with Gasteiger partial charge in [0.2, 0.25) is 0 Å². The monoisotopic (exact) mass is 263 g/mol. The molecule has 3 heterocycles. The van der Waals surface area contributed by atoms with Gasteiger partial charge in [-0.1, -0.05) is 6.42 Å². The molecule has 0 spiro atoms. The van der Waals surface area contributed by atoms with Crippen LogP contribution in [0.2, 0.25) is 0 Å². The van der Waals surface area contributed by atoms with Gasteiger partial charge in [0, 0.05) is 25.2 Å². The van der Waals surface area contributed by atoms with Crippen LogP contribution in [0.15, 0.2) is 0 Å². The van der Waals surface area contributed by atoms with E-state index in [0.717, 1.165) is 29.3 Å². The van der Waals surface area contributed by atoms with E-state index < -0.39 is 0 Å². The van der Waals surface area contributed by atoms with Crippen LogP contribution in [-0.2, 0) is 7.05 Å². The fourth-order valence-electron chi connectivity index (χ4n) is 3.77. The van der Waals surface area contributed by atoms with E-state index in [9.17, 15) is 0 Å². The van der Waals surface area contributed by atoms with Crippen molar-refractivity contribution in [3.8, 4) is 0 Å². The minimum absolute atomic E-state index is 0.531. The van der Waals surface area contributed by atoms with Gasteiger partial charge < -0.3 is 16.0 Å². The second-order valence-corrected chi connectivity index (χ2v) is 6.19. The third-order valence-electron chi connectivity index (χ3n) is 4.95. The van der Waals surface area contributed by atoms with Gasteiger partial charge in [0.05, 0.1) is 11.4 Å². The van der Waals surface area contributed by atoms with Gasteiger partial charge in [-0.2, -0.15) is 5.10 Å². The zero-order chi connectivity index (χ0) is 13.6. The molecule has 2 bridgehead atoms. The Morgan fingerprint density at radius 1 is 1.21 bits per heavy atom. The van der Waals surface area contributed by atoms with E-state index in [1.165, 1.54) is 32.1 Å². The highest BCUT2D eigenvalue weighted by molar-refractivity contribution is 5.65. The van der Waals surface area contributed by atoms with Crippen molar-refractivity contribution in [2.24, 2.45) is 7.05 Å². The highest BCUT2D eigenvalue weighted by atomic mass is 15.3. The number of hydrogen-bond acceptors (Lipinski definition) is 4. The van der Waals surface area contributed by atoms with Crippen molar-refractivity contribution in [2.75, 3.05) is 18.1 Å². The number of anilines is 2. The Morgan fingerprint density at radius 2 is 1.84 bits per heavy atom. The summed E-state index contributed by atoms with van der Waals surface area (Å²) in [4.78, 5) is 2.58. The first-order chi connectivity index (χ1) is 9.06. The van der Waals surface area contributed by atoms with Gasteiger partial charge >= 0.3 is 0 Å². The van der Waals surface area contributed by atoms with Crippen LogP contribution in [0.3, 0.4) is 0 Å². The van der Waals surface area contributed by atoms with E-state index in [1.807, 2.05) is 18.7 Å². The molecule has 2 saturated heterocycles. The first-order valence-electron chi connectivity index (χ1n) is 7.33. The van der Waals surface area contributed by atoms with Crippen LogP contribution in [0, 0.1) is 6.92 Å². The molecule has 3 N–H and O–H groups in total. The lowest BCUT2D eigenvalue weighted by Crippen LogP contribution is -2.52. The van der Waals surface area contributed by atoms with Crippen LogP contribution in [0.25, 0.3) is 0 Å². The Balaban J connectivity index is 1.74. The van der Waals surface area contributed by atoms with Crippen LogP contribution in [0.1, 0.15) is 37.8 Å². The summed E-state index contributed by atoms with van der Waals surface area (Å²) in [6.07, 6.45) is 6.50. The molecule has 0 aromatic carbocycles. The summed E-state index contributed by atoms with van der Waals surface area (Å²) < 4.78 is 1.87. The summed E-state index contributed by atoms with van der Waals surface area (Å²) in [5.74, 6) is 0.991. The Morgan fingerprint density at radius 3 is 2.37 bits per heavy atom. The van der Waals surface area contributed by atoms with Gasteiger partial charge in [0.1, 0.15) is 5.82 Å². The second-order valence-electron chi connectivity index (χ2n) is 6.19. The van der Waals surface area contributed by atoms with Gasteiger partial charge in [-0.25, -0.2) is 0 Å². The Hall–Kier alpha value is -1.23. The molecule has 5 nitrogen and oxygen atoms in total. The zero-order valence-electron chi connectivity index (χ0n) is 12.2. The average molecular weight is 263 g/mol. The fourth-order valence-corrected chi connectivity index (χ4v) is 3.77. The minimum Gasteiger partial charge on any atom is -0.394 e. The molecule has 2 aliphatic heterocycles. The number of hydrogen-bond donors (Lipinski definition) is 2. The van der Waals surface area contributed by atoms with Crippen molar-refractivity contribution in [1.82, 2.24) is 14.7 Å². The molecule has 2 aliphatic rings. The van der Waals surface area contributed by atoms with Gasteiger partial charge in [-0.3, -0.25) is 4.68 Å². The molecular formula is C14H25N5. The van der Waals surface area contributed by atoms with E-state index in [0.29, 0.717) is 6.04 Å². The molecule has 3 rings (SSSR count). The highest BCUT2D eigenvalue weighted by Crippen LogP contribution is 2.34. The molecule has 2 fully saturated rings. The van der Waals surface area contributed by atoms with Crippen molar-refractivity contribution in [2.45, 2.75) is 57.2 Å². The van der Waals surface area contributed by atoms with Gasteiger partial charge in [-0.15, -0.1) is 0 Å². The van der Waals surface area contributed by atoms with Crippen LogP contribution in [-0.4, -0.2) is 39.9 Å². The number of nitrogens with two attached hydrogens (primary N) is 1. The van der Waals surface area contributed by atoms with E-state index >= 15 is 0 Å². The molecule has 106 valence electrons. The Labute approximate surface area is 115 Å². The first-order valence-corrected chi connectivity index (χ1v) is 7.33. The summed E-state index contributed by atoms with van der Waals surface area (Å²) in [5.41, 5.74) is 7.82. The third kappa shape index (κ3) is 2.20. The third-order valence-corrected chi connectivity index (χ3v) is 4.95. The Kier molecular flexibility index (Phi) is 3.17. The quantitative estimate of drug-likeness (QED) is 0.853. The van der Waals surface area contributed by atoms with Gasteiger partial charge in [0.25, 0.3) is 0 Å². The number of fused-ring (bicyclic) bond motifs is 2. The van der Waals surface area contributed by atoms with Gasteiger partial charge in [-0.05, 0) is 39.7 Å². The summed E-state index contributed by atoms with van der Waals surface area (Å²) in [6.45, 7) is 1.96. The lowest BCUT2D eigenvalue weighted by Gasteiger charge is -2.47. The SMILES string of the molecule is Cc1nn(C)c(NC2CC3CCCC(C2)N3C)c1N. The fraction of sp³-hybridized carbons (Fsp3) is 0.786. The molecule has 1 aromatic rings. The van der Waals surface area contributed by atoms with Crippen LogP contribution >= 0.6 is 0 Å². The van der Waals surface area contributed by atoms with E-state index in [4.69, 9.17) is 5.73 Å². The van der Waals surface area contributed by atoms with Gasteiger partial charge in [0.15, 0.2) is 0 Å². The molecule has 0 saturated carbocycles. The summed E-state index contributed by atoms with van der Waals surface area (Å²) >= 11 is 0. The number of nitrogens with zero attached hydrogens (tertiary/aromatic N) is 3. The number of aromatic nitrogens is 2. The van der Waals surface area contributed by atoms with Crippen LogP contribution < -0.4 is 11.1 Å². The predicted molar refractivity (Wildman–Crippen MR) is 78.2 cm³/mol. The van der Waals surface area contributed by atoms with Crippen LogP contribution in [0.4, 0.5) is 11.5 Å². The average Bonchev–Trinajstić information content (AvgIpc) is 2.57. The molecule has 1 aromatic heterocycles. The topological polar surface area (TPSA) is 59.1 Å². The molecule has 2 atom stereocenters. The smallest absolute Gasteiger partial charge is 0.147 e. The summed E-state index contributed by atoms with van der Waals surface area (Å²) in [5, 5.41) is 8.02. The standard InChI is InChI=1S/C14H25N5/c1-9-13(15)14(19(3)17-9)16-10-7-11-5-4-6-12(8-10)18(11)2/h10-12,16H,4-8,15H2,1-3H3. The number of aryl methyl sites for hydroxylation is 2. The van der Waals surface area contributed by atoms with Crippen molar-refractivity contribution >= 4 is 11.5 Å². The van der Waals surface area contributed by atoms with Crippen molar-refractivity contribution in [3.63, 3.8) is 0 Å². The predicted octanol–water partition coefficient (Wildman–Crippen LogP) is 1.74. The van der Waals surface area contributed by atoms with Crippen molar-refractivity contribution in [1.29, 1.82) is 0 Å². The lowest BCUT2D eigenvalue weighted by atomic mass is 9.82. The van der Waals surface area contributed by atoms with Crippen molar-refractivity contribution < 1.29 is 0 Å². The molecule has 0 amide bonds. The maximum Gasteiger partial charge on any atom is 0.147 e. The number of rotatable bonds is 2. The molecule has 2 unspecified atom stereocenters. The molecule has 19 heavy (non-hydrogen) atoms. The summed E-state index contributed by atoms with van der Waals surface area (Å²) in [6, 6.07) is 2.00. The zero-order valence-corrected chi connectivity index (χ0v) is 12.2. The second kappa shape index (κ2) is 4.71. The van der Waals surface area contributed by atoms with E-state index in [-0.39, 0.29) is 0 Å². The normalized spacial score (nSPS) is 31.4. The minimum atomic E-state index is 0.531. The summed E-state index contributed by atoms with van der Waals surface area (Å²) in [7, 11) is 4.24. The molecule has 0 aliphatic carbocycles. The van der Waals surface area contributed by atoms with E-state index in [2.05, 4.69) is 22.4 Å². The molecule has 5 heteroatoms. The maximum atomic E-state index is 6.11. The highest BCUT2D eigenvalue weighted by Gasteiger charge is 2.36. The first kappa shape index (κ1) is 12.8. The lowest BCUT2D eigenvalue weighted by molar-refractivity contribution is 0.0607. The Bertz CT molecular complexity index is 453. The van der Waals surface area contributed by atoms with E-state index in [1.54, 1.807) is 0 Å². The molecule has 0 radical (unpaired) electrons. The molecular weight excluding hydrogens is 238 g/mol. The maximum absolute atomic E-state index is 6.11. The number of nitrogen functional groups attached to an aromatic ring is 1. The number of piperidine rings is 2. The number of nitrogens with one attached hydrogen (secondary N) is 1. The van der Waals surface area contributed by atoms with Crippen LogP contribution in [0.5, 0.6) is 0 Å².